The van der Waals surface area contributed by atoms with Gasteiger partial charge in [-0.05, 0) is 80.1 Å². The van der Waals surface area contributed by atoms with Gasteiger partial charge in [0.1, 0.15) is 10.6 Å². The maximum atomic E-state index is 10.9. The van der Waals surface area contributed by atoms with Crippen LogP contribution < -0.4 is 9.64 Å². The second kappa shape index (κ2) is 14.5. The van der Waals surface area contributed by atoms with Gasteiger partial charge in [-0.25, -0.2) is 4.98 Å². The van der Waals surface area contributed by atoms with Gasteiger partial charge in [0.25, 0.3) is 0 Å². The lowest BCUT2D eigenvalue weighted by atomic mass is 9.96. The molecule has 0 aliphatic heterocycles. The van der Waals surface area contributed by atoms with Crippen molar-refractivity contribution < 1.29 is 9.53 Å². The Balaban J connectivity index is 1.22. The number of thiophene rings is 1. The fraction of sp³-hybridized carbons (Fsp3) is 0.367. The molecule has 1 unspecified atom stereocenters. The highest BCUT2D eigenvalue weighted by atomic mass is 32.1. The molecule has 2 heterocycles. The van der Waals surface area contributed by atoms with Crippen molar-refractivity contribution in [2.75, 3.05) is 24.6 Å². The third-order valence-electron chi connectivity index (χ3n) is 6.68. The van der Waals surface area contributed by atoms with E-state index in [1.807, 2.05) is 42.5 Å². The number of aromatic nitrogens is 1. The van der Waals surface area contributed by atoms with E-state index in [0.717, 1.165) is 71.6 Å². The molecule has 39 heavy (non-hydrogen) atoms. The number of azo groups is 1. The molecule has 0 bridgehead atoms. The Morgan fingerprint density at radius 3 is 2.54 bits per heavy atom. The third-order valence-corrected chi connectivity index (χ3v) is 8.65. The summed E-state index contributed by atoms with van der Waals surface area (Å²) >= 11 is 2.81. The van der Waals surface area contributed by atoms with Crippen LogP contribution in [0.5, 0.6) is 5.75 Å². The quantitative estimate of drug-likeness (QED) is 0.0825. The highest BCUT2D eigenvalue weighted by molar-refractivity contribution is 7.29. The first-order chi connectivity index (χ1) is 19.1. The summed E-state index contributed by atoms with van der Waals surface area (Å²) in [6, 6.07) is 20.0. The molecule has 0 saturated carbocycles. The highest BCUT2D eigenvalue weighted by Gasteiger charge is 2.11. The lowest BCUT2D eigenvalue weighted by Crippen LogP contribution is -2.25. The summed E-state index contributed by atoms with van der Waals surface area (Å²) < 4.78 is 6.87. The second-order valence-corrected chi connectivity index (χ2v) is 11.3. The zero-order valence-electron chi connectivity index (χ0n) is 22.4. The van der Waals surface area contributed by atoms with Crippen molar-refractivity contribution in [3.63, 3.8) is 0 Å². The molecule has 0 aliphatic carbocycles. The summed E-state index contributed by atoms with van der Waals surface area (Å²) in [4.78, 5) is 19.3. The van der Waals surface area contributed by atoms with Crippen molar-refractivity contribution in [3.8, 4) is 11.8 Å². The molecule has 4 aromatic rings. The standard InChI is InChI=1S/C30H33N5O2S2/c1-3-22(6-5-19-37-26-13-7-23(8-14-26)15-17-31)16-18-35(4-2)25-11-9-24(10-12-25)33-34-30-32-29-28(39-30)20-27(21-36)38-29/h7-14,20-22H,3-6,15-16,18-19H2,1-2H3/b34-33+. The van der Waals surface area contributed by atoms with Crippen LogP contribution in [-0.2, 0) is 6.42 Å². The fourth-order valence-corrected chi connectivity index (χ4v) is 6.25. The van der Waals surface area contributed by atoms with Gasteiger partial charge in [-0.15, -0.1) is 21.6 Å². The predicted molar refractivity (Wildman–Crippen MR) is 160 cm³/mol. The fourth-order valence-electron chi connectivity index (χ4n) is 4.39. The number of hydrogen-bond donors (Lipinski definition) is 0. The minimum atomic E-state index is 0.431. The molecule has 0 spiro atoms. The van der Waals surface area contributed by atoms with Crippen LogP contribution in [0.4, 0.5) is 16.5 Å². The molecule has 4 rings (SSSR count). The minimum absolute atomic E-state index is 0.431. The molecule has 0 saturated heterocycles. The van der Waals surface area contributed by atoms with E-state index in [9.17, 15) is 4.79 Å². The SMILES string of the molecule is CCC(CCCOc1ccc(CC#N)cc1)CCN(CC)c1ccc(/N=N/c2nc3sc(C=O)cc3s2)cc1. The zero-order valence-corrected chi connectivity index (χ0v) is 24.0. The van der Waals surface area contributed by atoms with E-state index in [1.165, 1.54) is 28.4 Å². The molecule has 0 N–H and O–H groups in total. The minimum Gasteiger partial charge on any atom is -0.494 e. The van der Waals surface area contributed by atoms with Gasteiger partial charge in [-0.2, -0.15) is 5.26 Å². The Morgan fingerprint density at radius 1 is 1.08 bits per heavy atom. The summed E-state index contributed by atoms with van der Waals surface area (Å²) in [5, 5.41) is 18.0. The van der Waals surface area contributed by atoms with E-state index in [4.69, 9.17) is 10.00 Å². The van der Waals surface area contributed by atoms with Crippen molar-refractivity contribution in [3.05, 3.63) is 65.0 Å². The molecule has 2 aromatic carbocycles. The van der Waals surface area contributed by atoms with Gasteiger partial charge in [0.05, 0.1) is 34.4 Å². The van der Waals surface area contributed by atoms with Gasteiger partial charge in [0, 0.05) is 18.8 Å². The van der Waals surface area contributed by atoms with Gasteiger partial charge in [0.15, 0.2) is 6.29 Å². The number of thiazole rings is 1. The van der Waals surface area contributed by atoms with Crippen LogP contribution in [0, 0.1) is 17.2 Å². The number of ether oxygens (including phenoxy) is 1. The Labute approximate surface area is 237 Å². The van der Waals surface area contributed by atoms with Crippen molar-refractivity contribution in [2.24, 2.45) is 16.1 Å². The third kappa shape index (κ3) is 8.19. The zero-order chi connectivity index (χ0) is 27.5. The Hall–Kier alpha value is -3.61. The molecular formula is C30H33N5O2S2. The van der Waals surface area contributed by atoms with E-state index in [-0.39, 0.29) is 0 Å². The highest BCUT2D eigenvalue weighted by Crippen LogP contribution is 2.34. The number of benzene rings is 2. The van der Waals surface area contributed by atoms with Crippen LogP contribution in [0.25, 0.3) is 9.53 Å². The van der Waals surface area contributed by atoms with Crippen LogP contribution in [0.1, 0.15) is 54.8 Å². The summed E-state index contributed by atoms with van der Waals surface area (Å²) in [5.41, 5.74) is 2.99. The number of hydrogen-bond acceptors (Lipinski definition) is 9. The Kier molecular flexibility index (Phi) is 10.6. The number of anilines is 1. The molecular weight excluding hydrogens is 526 g/mol. The first-order valence-electron chi connectivity index (χ1n) is 13.3. The second-order valence-electron chi connectivity index (χ2n) is 9.26. The average Bonchev–Trinajstić information content (AvgIpc) is 3.53. The molecule has 0 amide bonds. The van der Waals surface area contributed by atoms with E-state index in [2.05, 4.69) is 52.2 Å². The van der Waals surface area contributed by atoms with E-state index >= 15 is 0 Å². The molecule has 1 atom stereocenters. The van der Waals surface area contributed by atoms with Crippen LogP contribution in [0.2, 0.25) is 0 Å². The topological polar surface area (TPSA) is 90.9 Å². The number of nitrogens with zero attached hydrogens (tertiary/aromatic N) is 5. The van der Waals surface area contributed by atoms with Gasteiger partial charge < -0.3 is 9.64 Å². The Morgan fingerprint density at radius 2 is 1.87 bits per heavy atom. The summed E-state index contributed by atoms with van der Waals surface area (Å²) in [5.74, 6) is 1.52. The van der Waals surface area contributed by atoms with Gasteiger partial charge in [-0.3, -0.25) is 4.79 Å². The van der Waals surface area contributed by atoms with Crippen molar-refractivity contribution >= 4 is 55.0 Å². The van der Waals surface area contributed by atoms with Crippen molar-refractivity contribution in [1.82, 2.24) is 4.98 Å². The van der Waals surface area contributed by atoms with Gasteiger partial charge in [-0.1, -0.05) is 36.8 Å². The average molecular weight is 560 g/mol. The number of carbonyl (C=O) groups excluding carboxylic acids is 1. The lowest BCUT2D eigenvalue weighted by Gasteiger charge is -2.26. The van der Waals surface area contributed by atoms with Crippen LogP contribution in [-0.4, -0.2) is 31.0 Å². The molecule has 2 aromatic heterocycles. The van der Waals surface area contributed by atoms with E-state index < -0.39 is 0 Å². The van der Waals surface area contributed by atoms with E-state index in [1.54, 1.807) is 0 Å². The lowest BCUT2D eigenvalue weighted by molar-refractivity contribution is 0.112. The largest absolute Gasteiger partial charge is 0.494 e. The molecule has 202 valence electrons. The summed E-state index contributed by atoms with van der Waals surface area (Å²) in [6.07, 6.45) is 5.75. The molecule has 0 radical (unpaired) electrons. The van der Waals surface area contributed by atoms with Crippen LogP contribution in [0.3, 0.4) is 0 Å². The summed E-state index contributed by atoms with van der Waals surface area (Å²) in [6.45, 7) is 7.12. The van der Waals surface area contributed by atoms with Crippen molar-refractivity contribution in [2.45, 2.75) is 46.0 Å². The maximum Gasteiger partial charge on any atom is 0.231 e. The molecule has 0 fully saturated rings. The molecule has 7 nitrogen and oxygen atoms in total. The Bertz CT molecular complexity index is 1370. The number of rotatable bonds is 15. The van der Waals surface area contributed by atoms with Crippen molar-refractivity contribution in [1.29, 1.82) is 5.26 Å². The normalized spacial score (nSPS) is 12.0. The smallest absolute Gasteiger partial charge is 0.231 e. The van der Waals surface area contributed by atoms with Gasteiger partial charge in [0.2, 0.25) is 5.13 Å². The number of nitriles is 1. The number of fused-ring (bicyclic) bond motifs is 1. The first kappa shape index (κ1) is 28.4. The number of carbonyl (C=O) groups is 1. The first-order valence-corrected chi connectivity index (χ1v) is 15.0. The maximum absolute atomic E-state index is 10.9. The van der Waals surface area contributed by atoms with Crippen LogP contribution >= 0.6 is 22.7 Å². The molecule has 9 heteroatoms. The number of aldehydes is 1. The monoisotopic (exact) mass is 559 g/mol. The molecule has 0 aliphatic rings. The van der Waals surface area contributed by atoms with E-state index in [0.29, 0.717) is 29.0 Å². The van der Waals surface area contributed by atoms with Crippen LogP contribution in [0.15, 0.2) is 64.8 Å². The predicted octanol–water partition coefficient (Wildman–Crippen LogP) is 8.75. The summed E-state index contributed by atoms with van der Waals surface area (Å²) in [7, 11) is 0. The van der Waals surface area contributed by atoms with Gasteiger partial charge >= 0.3 is 0 Å².